The number of unbranched alkanes of at least 4 members (excludes halogenated alkanes) is 2. The van der Waals surface area contributed by atoms with Crippen molar-refractivity contribution in [1.82, 2.24) is 5.32 Å². The van der Waals surface area contributed by atoms with Crippen molar-refractivity contribution >= 4 is 11.9 Å². The van der Waals surface area contributed by atoms with Crippen LogP contribution in [0.3, 0.4) is 0 Å². The lowest BCUT2D eigenvalue weighted by Gasteiger charge is -2.14. The number of hydrogen-bond donors (Lipinski definition) is 2. The Labute approximate surface area is 123 Å². The van der Waals surface area contributed by atoms with Crippen LogP contribution in [0.5, 0.6) is 5.75 Å². The van der Waals surface area contributed by atoms with Crippen LogP contribution in [0.15, 0.2) is 24.3 Å². The number of nitrogens with one attached hydrogen (secondary N) is 1. The first-order chi connectivity index (χ1) is 9.99. The molecule has 0 spiro atoms. The van der Waals surface area contributed by atoms with E-state index in [-0.39, 0.29) is 18.1 Å². The molecule has 0 aliphatic heterocycles. The van der Waals surface area contributed by atoms with Crippen LogP contribution in [-0.2, 0) is 9.59 Å². The van der Waals surface area contributed by atoms with Crippen molar-refractivity contribution in [3.05, 3.63) is 30.1 Å². The molecule has 0 aromatic heterocycles. The Kier molecular flexibility index (Phi) is 7.21. The minimum absolute atomic E-state index is 0.151. The van der Waals surface area contributed by atoms with Gasteiger partial charge in [-0.05, 0) is 44.0 Å². The highest BCUT2D eigenvalue weighted by Crippen LogP contribution is 2.13. The molecule has 0 saturated carbocycles. The summed E-state index contributed by atoms with van der Waals surface area (Å²) in [7, 11) is 0. The van der Waals surface area contributed by atoms with Crippen LogP contribution >= 0.6 is 0 Å². The minimum Gasteiger partial charge on any atom is -0.481 e. The molecule has 0 aliphatic carbocycles. The quantitative estimate of drug-likeness (QED) is 0.686. The molecule has 116 valence electrons. The normalized spacial score (nSPS) is 11.7. The third-order valence-corrected chi connectivity index (χ3v) is 2.86. The maximum Gasteiger partial charge on any atom is 0.303 e. The third kappa shape index (κ3) is 7.29. The molecule has 0 radical (unpaired) electrons. The van der Waals surface area contributed by atoms with E-state index in [2.05, 4.69) is 5.32 Å². The Bertz CT molecular complexity index is 461. The van der Waals surface area contributed by atoms with Gasteiger partial charge in [0.25, 0.3) is 5.91 Å². The van der Waals surface area contributed by atoms with Gasteiger partial charge in [0.1, 0.15) is 11.6 Å². The van der Waals surface area contributed by atoms with Crippen molar-refractivity contribution in [1.29, 1.82) is 0 Å². The predicted molar refractivity (Wildman–Crippen MR) is 75.6 cm³/mol. The smallest absolute Gasteiger partial charge is 0.303 e. The third-order valence-electron chi connectivity index (χ3n) is 2.86. The van der Waals surface area contributed by atoms with E-state index in [1.807, 2.05) is 0 Å². The molecule has 1 aromatic rings. The van der Waals surface area contributed by atoms with Crippen LogP contribution in [-0.4, -0.2) is 29.6 Å². The lowest BCUT2D eigenvalue weighted by atomic mass is 10.2. The number of halogens is 1. The van der Waals surface area contributed by atoms with Gasteiger partial charge in [-0.15, -0.1) is 0 Å². The predicted octanol–water partition coefficient (Wildman–Crippen LogP) is 2.35. The van der Waals surface area contributed by atoms with Crippen LogP contribution in [0.4, 0.5) is 4.39 Å². The topological polar surface area (TPSA) is 75.6 Å². The van der Waals surface area contributed by atoms with E-state index in [4.69, 9.17) is 9.84 Å². The SMILES string of the molecule is CC(Oc1ccc(F)cc1)C(=O)NCCCCCC(=O)O. The Morgan fingerprint density at radius 1 is 1.24 bits per heavy atom. The van der Waals surface area contributed by atoms with Gasteiger partial charge in [0.15, 0.2) is 6.10 Å². The van der Waals surface area contributed by atoms with E-state index in [1.165, 1.54) is 24.3 Å². The van der Waals surface area contributed by atoms with Crippen LogP contribution in [0.1, 0.15) is 32.6 Å². The second kappa shape index (κ2) is 8.94. The zero-order valence-electron chi connectivity index (χ0n) is 12.0. The van der Waals surface area contributed by atoms with Crippen molar-refractivity contribution < 1.29 is 23.8 Å². The number of carboxylic acids is 1. The summed E-state index contributed by atoms with van der Waals surface area (Å²) in [4.78, 5) is 22.1. The van der Waals surface area contributed by atoms with Crippen LogP contribution in [0.25, 0.3) is 0 Å². The highest BCUT2D eigenvalue weighted by molar-refractivity contribution is 5.80. The maximum absolute atomic E-state index is 12.7. The monoisotopic (exact) mass is 297 g/mol. The molecule has 1 amide bonds. The molecule has 21 heavy (non-hydrogen) atoms. The molecule has 0 heterocycles. The molecule has 1 unspecified atom stereocenters. The molecular weight excluding hydrogens is 277 g/mol. The summed E-state index contributed by atoms with van der Waals surface area (Å²) in [5.41, 5.74) is 0. The van der Waals surface area contributed by atoms with E-state index in [1.54, 1.807) is 6.92 Å². The first-order valence-corrected chi connectivity index (χ1v) is 6.91. The van der Waals surface area contributed by atoms with Gasteiger partial charge in [0, 0.05) is 13.0 Å². The summed E-state index contributed by atoms with van der Waals surface area (Å²) < 4.78 is 18.1. The highest BCUT2D eigenvalue weighted by atomic mass is 19.1. The average molecular weight is 297 g/mol. The second-order valence-electron chi connectivity index (χ2n) is 4.71. The van der Waals surface area contributed by atoms with Gasteiger partial charge < -0.3 is 15.2 Å². The van der Waals surface area contributed by atoms with Gasteiger partial charge in [-0.2, -0.15) is 0 Å². The molecule has 1 rings (SSSR count). The van der Waals surface area contributed by atoms with Crippen LogP contribution in [0.2, 0.25) is 0 Å². The lowest BCUT2D eigenvalue weighted by molar-refractivity contribution is -0.137. The minimum atomic E-state index is -0.805. The van der Waals surface area contributed by atoms with Crippen LogP contribution < -0.4 is 10.1 Å². The fraction of sp³-hybridized carbons (Fsp3) is 0.467. The van der Waals surface area contributed by atoms with Gasteiger partial charge in [-0.25, -0.2) is 4.39 Å². The van der Waals surface area contributed by atoms with Gasteiger partial charge in [-0.3, -0.25) is 9.59 Å². The number of amides is 1. The van der Waals surface area contributed by atoms with E-state index in [0.29, 0.717) is 18.7 Å². The average Bonchev–Trinajstić information content (AvgIpc) is 2.44. The Balaban J connectivity index is 2.19. The van der Waals surface area contributed by atoms with E-state index in [0.717, 1.165) is 12.8 Å². The Morgan fingerprint density at radius 2 is 1.90 bits per heavy atom. The molecule has 0 fully saturated rings. The number of carbonyl (C=O) groups is 2. The fourth-order valence-corrected chi connectivity index (χ4v) is 1.70. The molecule has 6 heteroatoms. The number of hydrogen-bond acceptors (Lipinski definition) is 3. The van der Waals surface area contributed by atoms with E-state index in [9.17, 15) is 14.0 Å². The zero-order chi connectivity index (χ0) is 15.7. The second-order valence-corrected chi connectivity index (χ2v) is 4.71. The number of carbonyl (C=O) groups excluding carboxylic acids is 1. The van der Waals surface area contributed by atoms with Gasteiger partial charge >= 0.3 is 5.97 Å². The molecule has 1 atom stereocenters. The van der Waals surface area contributed by atoms with Crippen molar-refractivity contribution in [2.24, 2.45) is 0 Å². The number of benzene rings is 1. The maximum atomic E-state index is 12.7. The van der Waals surface area contributed by atoms with Gasteiger partial charge in [-0.1, -0.05) is 6.42 Å². The summed E-state index contributed by atoms with van der Waals surface area (Å²) in [5, 5.41) is 11.2. The van der Waals surface area contributed by atoms with E-state index < -0.39 is 12.1 Å². The first-order valence-electron chi connectivity index (χ1n) is 6.91. The van der Waals surface area contributed by atoms with Gasteiger partial charge in [0.05, 0.1) is 0 Å². The highest BCUT2D eigenvalue weighted by Gasteiger charge is 2.13. The largest absolute Gasteiger partial charge is 0.481 e. The number of rotatable bonds is 9. The number of carboxylic acid groups (broad SMARTS) is 1. The lowest BCUT2D eigenvalue weighted by Crippen LogP contribution is -2.36. The summed E-state index contributed by atoms with van der Waals surface area (Å²) in [6.07, 6.45) is 1.56. The van der Waals surface area contributed by atoms with Crippen LogP contribution in [0, 0.1) is 5.82 Å². The van der Waals surface area contributed by atoms with Crippen molar-refractivity contribution in [3.8, 4) is 5.75 Å². The molecule has 2 N–H and O–H groups in total. The zero-order valence-corrected chi connectivity index (χ0v) is 12.0. The first kappa shape index (κ1) is 16.9. The number of ether oxygens (including phenoxy) is 1. The Hall–Kier alpha value is -2.11. The van der Waals surface area contributed by atoms with Crippen molar-refractivity contribution in [2.45, 2.75) is 38.7 Å². The van der Waals surface area contributed by atoms with Gasteiger partial charge in [0.2, 0.25) is 0 Å². The van der Waals surface area contributed by atoms with Crippen molar-refractivity contribution in [3.63, 3.8) is 0 Å². The molecule has 0 saturated heterocycles. The summed E-state index contributed by atoms with van der Waals surface area (Å²) in [5.74, 6) is -0.987. The molecule has 0 aliphatic rings. The van der Waals surface area contributed by atoms with Crippen molar-refractivity contribution in [2.75, 3.05) is 6.54 Å². The summed E-state index contributed by atoms with van der Waals surface area (Å²) >= 11 is 0. The Morgan fingerprint density at radius 3 is 2.52 bits per heavy atom. The molecular formula is C15H20FNO4. The van der Waals surface area contributed by atoms with E-state index >= 15 is 0 Å². The number of aliphatic carboxylic acids is 1. The standard InChI is InChI=1S/C15H20FNO4/c1-11(21-13-8-6-12(16)7-9-13)15(20)17-10-4-2-3-5-14(18)19/h6-9,11H,2-5,10H2,1H3,(H,17,20)(H,18,19). The summed E-state index contributed by atoms with van der Waals surface area (Å²) in [6.45, 7) is 2.10. The fourth-order valence-electron chi connectivity index (χ4n) is 1.70. The molecule has 0 bridgehead atoms. The molecule has 5 nitrogen and oxygen atoms in total. The summed E-state index contributed by atoms with van der Waals surface area (Å²) in [6, 6.07) is 5.46. The molecule has 1 aromatic carbocycles.